The van der Waals surface area contributed by atoms with E-state index in [-0.39, 0.29) is 0 Å². The van der Waals surface area contributed by atoms with Gasteiger partial charge in [-0.05, 0) is 13.8 Å². The minimum Gasteiger partial charge on any atom is -0.481 e. The molecule has 0 aliphatic heterocycles. The molecule has 0 unspecified atom stereocenters. The number of nitrogens with one attached hydrogen (secondary N) is 1. The first-order valence-corrected chi connectivity index (χ1v) is 4.75. The first kappa shape index (κ1) is 14.3. The van der Waals surface area contributed by atoms with Crippen LogP contribution in [-0.2, 0) is 19.2 Å². The topological polar surface area (TPSA) is 101 Å². The van der Waals surface area contributed by atoms with Crippen LogP contribution in [0.1, 0.15) is 27.2 Å². The Labute approximate surface area is 93.0 Å². The second kappa shape index (κ2) is 5.99. The molecule has 6 nitrogen and oxygen atoms in total. The third-order valence-electron chi connectivity index (χ3n) is 2.06. The summed E-state index contributed by atoms with van der Waals surface area (Å²) in [6.45, 7) is 3.59. The Kier molecular flexibility index (Phi) is 5.35. The van der Waals surface area contributed by atoms with E-state index in [1.54, 1.807) is 0 Å². The summed E-state index contributed by atoms with van der Waals surface area (Å²) in [6, 6.07) is -0.981. The summed E-state index contributed by atoms with van der Waals surface area (Å²) in [5, 5.41) is 10.9. The SMILES string of the molecule is CC(=O)N[C@@H](CC(=O)O)C(C(C)=O)C(C)=O. The maximum atomic E-state index is 11.2. The molecule has 0 saturated carbocycles. The molecule has 0 aromatic rings. The van der Waals surface area contributed by atoms with Gasteiger partial charge in [-0.3, -0.25) is 19.2 Å². The van der Waals surface area contributed by atoms with E-state index in [9.17, 15) is 19.2 Å². The fourth-order valence-electron chi connectivity index (χ4n) is 1.55. The number of carboxylic acids is 1. The Balaban J connectivity index is 4.94. The molecule has 0 spiro atoms. The molecule has 16 heavy (non-hydrogen) atoms. The van der Waals surface area contributed by atoms with E-state index in [2.05, 4.69) is 5.32 Å². The maximum Gasteiger partial charge on any atom is 0.305 e. The molecule has 1 atom stereocenters. The molecule has 0 heterocycles. The van der Waals surface area contributed by atoms with Gasteiger partial charge in [-0.15, -0.1) is 0 Å². The summed E-state index contributed by atoms with van der Waals surface area (Å²) in [7, 11) is 0. The first-order chi connectivity index (χ1) is 7.25. The predicted molar refractivity (Wildman–Crippen MR) is 54.7 cm³/mol. The van der Waals surface area contributed by atoms with Gasteiger partial charge >= 0.3 is 5.97 Å². The smallest absolute Gasteiger partial charge is 0.305 e. The average Bonchev–Trinajstić information content (AvgIpc) is 1.98. The van der Waals surface area contributed by atoms with Gasteiger partial charge in [0.15, 0.2) is 0 Å². The Morgan fingerprint density at radius 3 is 1.75 bits per heavy atom. The first-order valence-electron chi connectivity index (χ1n) is 4.75. The largest absolute Gasteiger partial charge is 0.481 e. The van der Waals surface area contributed by atoms with Crippen LogP contribution in [0.15, 0.2) is 0 Å². The number of carbonyl (C=O) groups is 4. The van der Waals surface area contributed by atoms with Crippen LogP contribution in [0.2, 0.25) is 0 Å². The summed E-state index contributed by atoms with van der Waals surface area (Å²) in [5.74, 6) is -3.65. The van der Waals surface area contributed by atoms with Gasteiger partial charge in [0.2, 0.25) is 5.91 Å². The molecule has 90 valence electrons. The van der Waals surface area contributed by atoms with Crippen molar-refractivity contribution in [3.8, 4) is 0 Å². The van der Waals surface area contributed by atoms with Crippen LogP contribution >= 0.6 is 0 Å². The number of hydrogen-bond acceptors (Lipinski definition) is 4. The maximum absolute atomic E-state index is 11.2. The van der Waals surface area contributed by atoms with Gasteiger partial charge in [0, 0.05) is 6.92 Å². The van der Waals surface area contributed by atoms with Gasteiger partial charge in [-0.1, -0.05) is 0 Å². The van der Waals surface area contributed by atoms with Crippen molar-refractivity contribution in [2.45, 2.75) is 33.2 Å². The highest BCUT2D eigenvalue weighted by atomic mass is 16.4. The number of carbonyl (C=O) groups excluding carboxylic acids is 3. The minimum absolute atomic E-state index is 0.451. The lowest BCUT2D eigenvalue weighted by molar-refractivity contribution is -0.139. The van der Waals surface area contributed by atoms with Crippen molar-refractivity contribution in [1.82, 2.24) is 5.32 Å². The third-order valence-corrected chi connectivity index (χ3v) is 2.06. The van der Waals surface area contributed by atoms with E-state index in [1.807, 2.05) is 0 Å². The van der Waals surface area contributed by atoms with Crippen molar-refractivity contribution < 1.29 is 24.3 Å². The van der Waals surface area contributed by atoms with E-state index in [4.69, 9.17) is 5.11 Å². The summed E-state index contributed by atoms with van der Waals surface area (Å²) in [6.07, 6.45) is -0.455. The van der Waals surface area contributed by atoms with Crippen LogP contribution in [-0.4, -0.2) is 34.6 Å². The van der Waals surface area contributed by atoms with Crippen LogP contribution in [0.3, 0.4) is 0 Å². The lowest BCUT2D eigenvalue weighted by Crippen LogP contribution is -2.46. The normalized spacial score (nSPS) is 12.0. The Hall–Kier alpha value is -1.72. The van der Waals surface area contributed by atoms with Gasteiger partial charge < -0.3 is 10.4 Å². The number of rotatable bonds is 6. The molecule has 0 saturated heterocycles. The molecule has 0 rings (SSSR count). The number of carboxylic acid groups (broad SMARTS) is 1. The number of Topliss-reactive ketones (excluding diaryl/α,β-unsaturated/α-hetero) is 2. The standard InChI is InChI=1S/C10H15NO5/c1-5(12)10(6(2)13)8(4-9(15)16)11-7(3)14/h8,10H,4H2,1-3H3,(H,11,14)(H,15,16)/t8-/m0/s1. The van der Waals surface area contributed by atoms with Crippen LogP contribution in [0.5, 0.6) is 0 Å². The van der Waals surface area contributed by atoms with Gasteiger partial charge in [0.1, 0.15) is 11.6 Å². The zero-order chi connectivity index (χ0) is 12.9. The summed E-state index contributed by atoms with van der Waals surface area (Å²) in [5.41, 5.74) is 0. The van der Waals surface area contributed by atoms with Crippen molar-refractivity contribution in [3.63, 3.8) is 0 Å². The average molecular weight is 229 g/mol. The number of amides is 1. The van der Waals surface area contributed by atoms with Gasteiger partial charge in [-0.2, -0.15) is 0 Å². The van der Waals surface area contributed by atoms with Crippen LogP contribution < -0.4 is 5.32 Å². The second-order valence-electron chi connectivity index (χ2n) is 3.60. The zero-order valence-electron chi connectivity index (χ0n) is 9.44. The quantitative estimate of drug-likeness (QED) is 0.612. The van der Waals surface area contributed by atoms with Crippen molar-refractivity contribution in [3.05, 3.63) is 0 Å². The van der Waals surface area contributed by atoms with E-state index in [0.717, 1.165) is 0 Å². The Bertz CT molecular complexity index is 293. The molecule has 0 radical (unpaired) electrons. The van der Waals surface area contributed by atoms with E-state index >= 15 is 0 Å². The highest BCUT2D eigenvalue weighted by molar-refractivity contribution is 6.01. The predicted octanol–water partition coefficient (Wildman–Crippen LogP) is -0.240. The number of aliphatic carboxylic acids is 1. The lowest BCUT2D eigenvalue weighted by Gasteiger charge is -2.22. The fraction of sp³-hybridized carbons (Fsp3) is 0.600. The highest BCUT2D eigenvalue weighted by Crippen LogP contribution is 2.11. The van der Waals surface area contributed by atoms with Crippen LogP contribution in [0.25, 0.3) is 0 Å². The molecule has 2 N–H and O–H groups in total. The third kappa shape index (κ3) is 4.68. The van der Waals surface area contributed by atoms with Crippen molar-refractivity contribution in [2.75, 3.05) is 0 Å². The summed E-state index contributed by atoms with van der Waals surface area (Å²) in [4.78, 5) is 43.9. The molecule has 0 fully saturated rings. The van der Waals surface area contributed by atoms with Gasteiger partial charge in [-0.25, -0.2) is 0 Å². The molecule has 6 heteroatoms. The monoisotopic (exact) mass is 229 g/mol. The molecular formula is C10H15NO5. The summed E-state index contributed by atoms with van der Waals surface area (Å²) < 4.78 is 0. The molecule has 1 amide bonds. The Morgan fingerprint density at radius 1 is 1.06 bits per heavy atom. The van der Waals surface area contributed by atoms with Crippen molar-refractivity contribution in [2.24, 2.45) is 5.92 Å². The van der Waals surface area contributed by atoms with E-state index < -0.39 is 41.8 Å². The second-order valence-corrected chi connectivity index (χ2v) is 3.60. The minimum atomic E-state index is -1.17. The number of hydrogen-bond donors (Lipinski definition) is 2. The lowest BCUT2D eigenvalue weighted by atomic mass is 9.90. The van der Waals surface area contributed by atoms with Gasteiger partial charge in [0.25, 0.3) is 0 Å². The fourth-order valence-corrected chi connectivity index (χ4v) is 1.55. The molecule has 0 aliphatic rings. The van der Waals surface area contributed by atoms with Crippen LogP contribution in [0, 0.1) is 5.92 Å². The van der Waals surface area contributed by atoms with Crippen molar-refractivity contribution in [1.29, 1.82) is 0 Å². The summed E-state index contributed by atoms with van der Waals surface area (Å²) >= 11 is 0. The van der Waals surface area contributed by atoms with Crippen molar-refractivity contribution >= 4 is 23.4 Å². The van der Waals surface area contributed by atoms with E-state index in [1.165, 1.54) is 20.8 Å². The highest BCUT2D eigenvalue weighted by Gasteiger charge is 2.31. The Morgan fingerprint density at radius 2 is 1.50 bits per heavy atom. The van der Waals surface area contributed by atoms with Crippen LogP contribution in [0.4, 0.5) is 0 Å². The molecule has 0 aromatic heterocycles. The molecular weight excluding hydrogens is 214 g/mol. The van der Waals surface area contributed by atoms with E-state index in [0.29, 0.717) is 0 Å². The molecule has 0 bridgehead atoms. The zero-order valence-corrected chi connectivity index (χ0v) is 9.44. The van der Waals surface area contributed by atoms with Gasteiger partial charge in [0.05, 0.1) is 18.4 Å². The number of ketones is 2. The molecule has 0 aliphatic carbocycles. The molecule has 0 aromatic carbocycles.